The maximum atomic E-state index is 13.8. The SMILES string of the molecule is O=C(N1CC2(C1)OCCC2COc1ncccc1F)C12CC3CC(CC(C3)C1)C2.O=C(O)C(F)(F)F. The lowest BCUT2D eigenvalue weighted by atomic mass is 9.49. The molecule has 7 nitrogen and oxygen atoms in total. The first-order chi connectivity index (χ1) is 17.0. The van der Waals surface area contributed by atoms with E-state index in [1.165, 1.54) is 31.5 Å². The standard InChI is InChI=1S/C23H29FN2O3.C2HF3O2/c24-19-2-1-4-25-20(19)28-12-18-3-5-29-23(18)13-26(14-23)21(27)22-9-15-6-16(10-22)8-17(7-15)11-22;3-2(4,5)1(6)7/h1-2,4,15-18H,3,5-14H2;(H,6,7). The van der Waals surface area contributed by atoms with Gasteiger partial charge in [0.15, 0.2) is 5.82 Å². The highest BCUT2D eigenvalue weighted by Crippen LogP contribution is 2.61. The zero-order chi connectivity index (χ0) is 25.7. The average molecular weight is 515 g/mol. The van der Waals surface area contributed by atoms with Crippen LogP contribution in [-0.2, 0) is 14.3 Å². The minimum Gasteiger partial charge on any atom is -0.475 e. The third kappa shape index (κ3) is 4.66. The van der Waals surface area contributed by atoms with E-state index in [2.05, 4.69) is 4.98 Å². The molecule has 1 aromatic heterocycles. The van der Waals surface area contributed by atoms with Gasteiger partial charge in [-0.3, -0.25) is 4.79 Å². The van der Waals surface area contributed by atoms with Crippen LogP contribution in [0.1, 0.15) is 44.9 Å². The highest BCUT2D eigenvalue weighted by atomic mass is 19.4. The van der Waals surface area contributed by atoms with Gasteiger partial charge in [-0.05, 0) is 74.8 Å². The summed E-state index contributed by atoms with van der Waals surface area (Å²) in [6, 6.07) is 2.92. The number of nitrogens with zero attached hydrogens (tertiary/aromatic N) is 2. The molecule has 6 aliphatic rings. The third-order valence-electron chi connectivity index (χ3n) is 8.68. The van der Waals surface area contributed by atoms with Gasteiger partial charge in [-0.15, -0.1) is 0 Å². The summed E-state index contributed by atoms with van der Waals surface area (Å²) in [7, 11) is 0. The zero-order valence-corrected chi connectivity index (χ0v) is 19.8. The first-order valence-corrected chi connectivity index (χ1v) is 12.5. The molecule has 7 rings (SSSR count). The number of carboxylic acids is 1. The Kier molecular flexibility index (Phi) is 6.41. The van der Waals surface area contributed by atoms with E-state index in [4.69, 9.17) is 19.4 Å². The summed E-state index contributed by atoms with van der Waals surface area (Å²) in [5.41, 5.74) is -0.402. The second-order valence-corrected chi connectivity index (χ2v) is 11.2. The molecule has 2 aliphatic heterocycles. The second-order valence-electron chi connectivity index (χ2n) is 11.2. The topological polar surface area (TPSA) is 89.0 Å². The van der Waals surface area contributed by atoms with E-state index in [1.807, 2.05) is 4.90 Å². The van der Waals surface area contributed by atoms with Crippen molar-refractivity contribution in [2.45, 2.75) is 56.7 Å². The number of amides is 1. The number of aromatic nitrogens is 1. The molecule has 1 aromatic rings. The summed E-state index contributed by atoms with van der Waals surface area (Å²) in [4.78, 5) is 28.5. The normalized spacial score (nSPS) is 33.6. The summed E-state index contributed by atoms with van der Waals surface area (Å²) in [6.07, 6.45) is 4.70. The number of carbonyl (C=O) groups excluding carboxylic acids is 1. The van der Waals surface area contributed by atoms with Crippen molar-refractivity contribution >= 4 is 11.9 Å². The van der Waals surface area contributed by atoms with Gasteiger partial charge in [-0.25, -0.2) is 14.2 Å². The average Bonchev–Trinajstić information content (AvgIpc) is 3.20. The van der Waals surface area contributed by atoms with E-state index in [0.717, 1.165) is 43.4 Å². The Labute approximate surface area is 206 Å². The number of carbonyl (C=O) groups is 2. The Morgan fingerprint density at radius 1 is 1.14 bits per heavy atom. The zero-order valence-electron chi connectivity index (χ0n) is 19.8. The van der Waals surface area contributed by atoms with Crippen LogP contribution < -0.4 is 4.74 Å². The van der Waals surface area contributed by atoms with E-state index >= 15 is 0 Å². The number of pyridine rings is 1. The minimum absolute atomic E-state index is 0.0513. The van der Waals surface area contributed by atoms with Crippen LogP contribution in [0, 0.1) is 34.9 Å². The summed E-state index contributed by atoms with van der Waals surface area (Å²) in [5.74, 6) is -0.263. The van der Waals surface area contributed by atoms with E-state index in [9.17, 15) is 22.4 Å². The highest BCUT2D eigenvalue weighted by molar-refractivity contribution is 5.84. The van der Waals surface area contributed by atoms with Gasteiger partial charge in [-0.2, -0.15) is 13.2 Å². The molecule has 1 amide bonds. The third-order valence-corrected chi connectivity index (χ3v) is 8.68. The van der Waals surface area contributed by atoms with Crippen molar-refractivity contribution in [1.82, 2.24) is 9.88 Å². The van der Waals surface area contributed by atoms with Crippen molar-refractivity contribution in [1.29, 1.82) is 0 Å². The highest BCUT2D eigenvalue weighted by Gasteiger charge is 2.61. The smallest absolute Gasteiger partial charge is 0.475 e. The molecular weight excluding hydrogens is 484 g/mol. The molecule has 4 aliphatic carbocycles. The molecule has 4 saturated carbocycles. The van der Waals surface area contributed by atoms with Gasteiger partial charge >= 0.3 is 12.1 Å². The number of likely N-dealkylation sites (tertiary alicyclic amines) is 1. The summed E-state index contributed by atoms with van der Waals surface area (Å²) in [6.45, 7) is 2.38. The van der Waals surface area contributed by atoms with Crippen LogP contribution in [0.25, 0.3) is 0 Å². The summed E-state index contributed by atoms with van der Waals surface area (Å²) in [5, 5.41) is 7.12. The first kappa shape index (κ1) is 25.2. The number of aliphatic carboxylic acids is 1. The number of carboxylic acid groups (broad SMARTS) is 1. The van der Waals surface area contributed by atoms with Gasteiger partial charge < -0.3 is 19.5 Å². The number of hydrogen-bond donors (Lipinski definition) is 1. The van der Waals surface area contributed by atoms with E-state index in [0.29, 0.717) is 32.2 Å². The Morgan fingerprint density at radius 2 is 1.72 bits per heavy atom. The van der Waals surface area contributed by atoms with E-state index in [-0.39, 0.29) is 22.8 Å². The summed E-state index contributed by atoms with van der Waals surface area (Å²) < 4.78 is 57.3. The van der Waals surface area contributed by atoms with Gasteiger partial charge in [0.25, 0.3) is 0 Å². The maximum Gasteiger partial charge on any atom is 0.490 e. The molecule has 36 heavy (non-hydrogen) atoms. The van der Waals surface area contributed by atoms with Crippen LogP contribution in [0.2, 0.25) is 0 Å². The minimum atomic E-state index is -5.08. The van der Waals surface area contributed by atoms with Gasteiger partial charge in [0, 0.05) is 18.7 Å². The number of alkyl halides is 3. The fourth-order valence-corrected chi connectivity index (χ4v) is 7.48. The maximum absolute atomic E-state index is 13.8. The predicted molar refractivity (Wildman–Crippen MR) is 117 cm³/mol. The van der Waals surface area contributed by atoms with Crippen LogP contribution >= 0.6 is 0 Å². The molecule has 198 valence electrons. The molecule has 2 saturated heterocycles. The van der Waals surface area contributed by atoms with Crippen molar-refractivity contribution in [3.8, 4) is 5.88 Å². The molecule has 0 aromatic carbocycles. The number of hydrogen-bond acceptors (Lipinski definition) is 5. The Morgan fingerprint density at radius 3 is 2.25 bits per heavy atom. The lowest BCUT2D eigenvalue weighted by Crippen LogP contribution is -2.69. The number of ether oxygens (including phenoxy) is 2. The van der Waals surface area contributed by atoms with E-state index < -0.39 is 18.0 Å². The van der Waals surface area contributed by atoms with Crippen molar-refractivity contribution in [3.63, 3.8) is 0 Å². The molecule has 6 fully saturated rings. The van der Waals surface area contributed by atoms with Crippen molar-refractivity contribution in [2.75, 3.05) is 26.3 Å². The molecule has 11 heteroatoms. The van der Waals surface area contributed by atoms with Gasteiger partial charge in [0.05, 0.1) is 25.1 Å². The van der Waals surface area contributed by atoms with Gasteiger partial charge in [-0.1, -0.05) is 0 Å². The molecule has 4 bridgehead atoms. The number of rotatable bonds is 4. The Bertz CT molecular complexity index is 975. The van der Waals surface area contributed by atoms with Crippen molar-refractivity contribution in [3.05, 3.63) is 24.1 Å². The summed E-state index contributed by atoms with van der Waals surface area (Å²) >= 11 is 0. The second kappa shape index (κ2) is 9.15. The predicted octanol–water partition coefficient (Wildman–Crippen LogP) is 4.07. The van der Waals surface area contributed by atoms with Crippen LogP contribution in [0.4, 0.5) is 17.6 Å². The van der Waals surface area contributed by atoms with Gasteiger partial charge in [0.1, 0.15) is 5.60 Å². The molecule has 0 radical (unpaired) electrons. The quantitative estimate of drug-likeness (QED) is 0.610. The first-order valence-electron chi connectivity index (χ1n) is 12.5. The molecule has 1 atom stereocenters. The van der Waals surface area contributed by atoms with Crippen LogP contribution in [-0.4, -0.2) is 64.9 Å². The van der Waals surface area contributed by atoms with Crippen LogP contribution in [0.3, 0.4) is 0 Å². The molecule has 3 heterocycles. The van der Waals surface area contributed by atoms with Crippen molar-refractivity contribution < 1.29 is 41.7 Å². The van der Waals surface area contributed by atoms with Gasteiger partial charge in [0.2, 0.25) is 11.8 Å². The Balaban J connectivity index is 0.000000338. The monoisotopic (exact) mass is 514 g/mol. The molecule has 1 unspecified atom stereocenters. The Hall–Kier alpha value is -2.43. The molecule has 1 spiro atoms. The number of halogens is 4. The lowest BCUT2D eigenvalue weighted by Gasteiger charge is -2.59. The molecular formula is C25H30F4N2O5. The van der Waals surface area contributed by atoms with Crippen LogP contribution in [0.15, 0.2) is 18.3 Å². The fraction of sp³-hybridized carbons (Fsp3) is 0.720. The lowest BCUT2D eigenvalue weighted by molar-refractivity contribution is -0.192. The van der Waals surface area contributed by atoms with Crippen molar-refractivity contribution in [2.24, 2.45) is 29.1 Å². The largest absolute Gasteiger partial charge is 0.490 e. The van der Waals surface area contributed by atoms with Crippen LogP contribution in [0.5, 0.6) is 5.88 Å². The van der Waals surface area contributed by atoms with E-state index in [1.54, 1.807) is 6.07 Å². The molecule has 1 N–H and O–H groups in total. The fourth-order valence-electron chi connectivity index (χ4n) is 7.48.